The molecule has 11 nitrogen and oxygen atoms in total. The second-order valence-electron chi connectivity index (χ2n) is 6.29. The Hall–Kier alpha value is -4.32. The summed E-state index contributed by atoms with van der Waals surface area (Å²) < 4.78 is 0. The van der Waals surface area contributed by atoms with Crippen LogP contribution in [0.25, 0.3) is 21.7 Å². The number of hydrogen-bond acceptors (Lipinski definition) is 9. The van der Waals surface area contributed by atoms with Crippen LogP contribution in [0.5, 0.6) is 5.75 Å². The zero-order chi connectivity index (χ0) is 23.4. The van der Waals surface area contributed by atoms with E-state index in [1.54, 1.807) is 11.8 Å². The largest absolute Gasteiger partial charge is 0.497 e. The summed E-state index contributed by atoms with van der Waals surface area (Å²) in [7, 11) is 0. The lowest BCUT2D eigenvalue weighted by molar-refractivity contribution is -0.404. The number of aromatic nitrogens is 1. The Morgan fingerprint density at radius 1 is 0.781 bits per heavy atom. The van der Waals surface area contributed by atoms with Crippen molar-refractivity contribution in [2.45, 2.75) is 5.03 Å². The van der Waals surface area contributed by atoms with E-state index >= 15 is 0 Å². The molecule has 0 aliphatic rings. The van der Waals surface area contributed by atoms with E-state index in [1.807, 2.05) is 6.07 Å². The highest BCUT2D eigenvalue weighted by Gasteiger charge is 2.30. The third-order valence-corrected chi connectivity index (χ3v) is 5.12. The molecule has 162 valence electrons. The number of benzene rings is 3. The van der Waals surface area contributed by atoms with Crippen molar-refractivity contribution < 1.29 is 19.9 Å². The number of fused-ring (bicyclic) bond motifs is 3. The van der Waals surface area contributed by atoms with Gasteiger partial charge in [-0.05, 0) is 17.7 Å². The summed E-state index contributed by atoms with van der Waals surface area (Å²) in [6.45, 7) is 0. The van der Waals surface area contributed by atoms with Gasteiger partial charge in [0.2, 0.25) is 0 Å². The highest BCUT2D eigenvalue weighted by atomic mass is 32.2. The van der Waals surface area contributed by atoms with E-state index in [2.05, 4.69) is 53.7 Å². The number of para-hydroxylation sites is 1. The van der Waals surface area contributed by atoms with Gasteiger partial charge in [0.1, 0.15) is 5.03 Å². The number of thioether (sulfide) groups is 1. The normalized spacial score (nSPS) is 10.4. The van der Waals surface area contributed by atoms with E-state index < -0.39 is 37.6 Å². The van der Waals surface area contributed by atoms with Gasteiger partial charge in [-0.25, -0.2) is 4.98 Å². The van der Waals surface area contributed by atoms with Gasteiger partial charge in [0.05, 0.1) is 32.4 Å². The number of non-ortho nitro benzene ring substituents is 1. The summed E-state index contributed by atoms with van der Waals surface area (Å²) in [4.78, 5) is 32.5. The van der Waals surface area contributed by atoms with E-state index in [9.17, 15) is 30.3 Å². The summed E-state index contributed by atoms with van der Waals surface area (Å²) in [5.74, 6) is -1.21. The molecule has 4 aromatic rings. The Balaban J connectivity index is 0.000000181. The van der Waals surface area contributed by atoms with Gasteiger partial charge in [-0.1, -0.05) is 42.5 Å². The lowest BCUT2D eigenvalue weighted by Gasteiger charge is -2.06. The number of phenolic OH excluding ortho intramolecular Hbond substituents is 1. The molecule has 1 heterocycles. The van der Waals surface area contributed by atoms with Crippen LogP contribution in [0.1, 0.15) is 0 Å². The van der Waals surface area contributed by atoms with Gasteiger partial charge >= 0.3 is 11.4 Å². The second-order valence-corrected chi connectivity index (χ2v) is 7.08. The van der Waals surface area contributed by atoms with Gasteiger partial charge in [0, 0.05) is 10.8 Å². The molecule has 0 bridgehead atoms. The van der Waals surface area contributed by atoms with Crippen LogP contribution in [0, 0.1) is 30.3 Å². The van der Waals surface area contributed by atoms with E-state index in [4.69, 9.17) is 5.11 Å². The van der Waals surface area contributed by atoms with Gasteiger partial charge in [-0.15, -0.1) is 11.8 Å². The number of nitro groups is 3. The molecule has 32 heavy (non-hydrogen) atoms. The second kappa shape index (κ2) is 9.22. The van der Waals surface area contributed by atoms with Crippen molar-refractivity contribution >= 4 is 50.5 Å². The van der Waals surface area contributed by atoms with Crippen LogP contribution >= 0.6 is 11.8 Å². The Bertz CT molecular complexity index is 1340. The fraction of sp³-hybridized carbons (Fsp3) is 0.0500. The molecule has 0 saturated carbocycles. The van der Waals surface area contributed by atoms with Crippen LogP contribution in [0.3, 0.4) is 0 Å². The molecule has 0 spiro atoms. The van der Waals surface area contributed by atoms with Crippen molar-refractivity contribution in [3.8, 4) is 5.75 Å². The van der Waals surface area contributed by atoms with Crippen molar-refractivity contribution in [1.29, 1.82) is 0 Å². The number of pyridine rings is 1. The van der Waals surface area contributed by atoms with Crippen LogP contribution in [-0.4, -0.2) is 31.1 Å². The first kappa shape index (κ1) is 22.4. The minimum Gasteiger partial charge on any atom is -0.497 e. The van der Waals surface area contributed by atoms with Crippen LogP contribution in [0.4, 0.5) is 17.1 Å². The molecule has 0 atom stereocenters. The Labute approximate surface area is 183 Å². The van der Waals surface area contributed by atoms with Gasteiger partial charge in [0.25, 0.3) is 11.4 Å². The summed E-state index contributed by atoms with van der Waals surface area (Å²) in [5, 5.41) is 45.1. The average molecular weight is 454 g/mol. The third-order valence-electron chi connectivity index (χ3n) is 4.43. The number of phenols is 1. The van der Waals surface area contributed by atoms with E-state index in [0.717, 1.165) is 10.5 Å². The number of aromatic hydroxyl groups is 1. The van der Waals surface area contributed by atoms with Crippen molar-refractivity contribution in [1.82, 2.24) is 4.98 Å². The molecule has 4 rings (SSSR count). The minimum atomic E-state index is -1.21. The quantitative estimate of drug-likeness (QED) is 0.188. The number of hydrogen-bond donors (Lipinski definition) is 1. The van der Waals surface area contributed by atoms with E-state index in [1.165, 1.54) is 16.2 Å². The molecule has 1 N–H and O–H groups in total. The van der Waals surface area contributed by atoms with Crippen LogP contribution < -0.4 is 0 Å². The summed E-state index contributed by atoms with van der Waals surface area (Å²) in [6.07, 6.45) is 2.07. The maximum atomic E-state index is 10.4. The van der Waals surface area contributed by atoms with Crippen LogP contribution in [-0.2, 0) is 0 Å². The third kappa shape index (κ3) is 4.39. The fourth-order valence-electron chi connectivity index (χ4n) is 3.00. The van der Waals surface area contributed by atoms with Crippen LogP contribution in [0.15, 0.2) is 65.7 Å². The first-order valence-electron chi connectivity index (χ1n) is 8.86. The minimum absolute atomic E-state index is 0.447. The van der Waals surface area contributed by atoms with Gasteiger partial charge in [0.15, 0.2) is 0 Å². The monoisotopic (exact) mass is 454 g/mol. The molecule has 0 radical (unpaired) electrons. The highest BCUT2D eigenvalue weighted by Crippen LogP contribution is 2.39. The van der Waals surface area contributed by atoms with Crippen molar-refractivity contribution in [3.63, 3.8) is 0 Å². The number of rotatable bonds is 4. The predicted molar refractivity (Wildman–Crippen MR) is 119 cm³/mol. The SMILES string of the molecule is CSc1nc2ccccc2c2ccccc12.O=[N+]([O-])c1cc([N+](=O)[O-])c(O)c([N+](=O)[O-])c1. The first-order valence-corrected chi connectivity index (χ1v) is 10.1. The molecule has 0 aliphatic carbocycles. The Morgan fingerprint density at radius 2 is 1.28 bits per heavy atom. The van der Waals surface area contributed by atoms with Crippen LogP contribution in [0.2, 0.25) is 0 Å². The summed E-state index contributed by atoms with van der Waals surface area (Å²) >= 11 is 1.70. The lowest BCUT2D eigenvalue weighted by atomic mass is 10.1. The molecule has 0 fully saturated rings. The number of nitrogens with zero attached hydrogens (tertiary/aromatic N) is 4. The maximum absolute atomic E-state index is 10.4. The first-order chi connectivity index (χ1) is 15.2. The summed E-state index contributed by atoms with van der Waals surface area (Å²) in [6, 6.07) is 17.7. The molecular formula is C20H14N4O7S. The van der Waals surface area contributed by atoms with Gasteiger partial charge in [-0.3, -0.25) is 30.3 Å². The fourth-order valence-corrected chi connectivity index (χ4v) is 3.59. The van der Waals surface area contributed by atoms with Crippen molar-refractivity contribution in [3.05, 3.63) is 91.0 Å². The molecule has 12 heteroatoms. The highest BCUT2D eigenvalue weighted by molar-refractivity contribution is 7.98. The Kier molecular flexibility index (Phi) is 6.45. The molecule has 3 aromatic carbocycles. The topological polar surface area (TPSA) is 163 Å². The van der Waals surface area contributed by atoms with Crippen molar-refractivity contribution in [2.24, 2.45) is 0 Å². The van der Waals surface area contributed by atoms with E-state index in [-0.39, 0.29) is 0 Å². The average Bonchev–Trinajstić information content (AvgIpc) is 2.78. The zero-order valence-corrected chi connectivity index (χ0v) is 17.2. The number of nitro benzene ring substituents is 3. The standard InChI is InChI=1S/C14H11NS.C6H3N3O7/c1-16-14-12-8-3-2-6-10(12)11-7-4-5-9-13(11)15-14;10-6-4(8(13)14)1-3(7(11)12)2-5(6)9(15)16/h2-9H,1H3;1-2,10H. The molecule has 0 unspecified atom stereocenters. The zero-order valence-electron chi connectivity index (χ0n) is 16.4. The molecular weight excluding hydrogens is 440 g/mol. The molecule has 0 saturated heterocycles. The van der Waals surface area contributed by atoms with Gasteiger partial charge in [-0.2, -0.15) is 0 Å². The van der Waals surface area contributed by atoms with E-state index in [0.29, 0.717) is 12.1 Å². The lowest BCUT2D eigenvalue weighted by Crippen LogP contribution is -1.97. The van der Waals surface area contributed by atoms with Gasteiger partial charge < -0.3 is 5.11 Å². The molecule has 0 aliphatic heterocycles. The summed E-state index contributed by atoms with van der Waals surface area (Å²) in [5.41, 5.74) is -1.93. The Morgan fingerprint density at radius 3 is 1.78 bits per heavy atom. The molecule has 0 amide bonds. The van der Waals surface area contributed by atoms with Crippen molar-refractivity contribution in [2.75, 3.05) is 6.26 Å². The predicted octanol–water partition coefficient (Wildman–Crippen LogP) is 5.23. The smallest absolute Gasteiger partial charge is 0.324 e. The maximum Gasteiger partial charge on any atom is 0.324 e. The molecule has 1 aromatic heterocycles.